The number of aliphatic hydroxyl groups excluding tert-OH is 1. The van der Waals surface area contributed by atoms with E-state index in [0.717, 1.165) is 10.8 Å². The molecule has 0 radical (unpaired) electrons. The molecule has 1 N–H and O–H groups in total. The number of pyridine rings is 2. The van der Waals surface area contributed by atoms with Crippen molar-refractivity contribution in [2.24, 2.45) is 0 Å². The zero-order chi connectivity index (χ0) is 14.1. The van der Waals surface area contributed by atoms with Crippen LogP contribution >= 0.6 is 23.2 Å². The maximum Gasteiger partial charge on any atom is 0.125 e. The molecular weight excluding hydrogens is 295 g/mol. The van der Waals surface area contributed by atoms with Crippen LogP contribution in [0.15, 0.2) is 48.9 Å². The number of hydrogen-bond acceptors (Lipinski definition) is 3. The molecule has 100 valence electrons. The second-order valence-electron chi connectivity index (χ2n) is 4.37. The minimum atomic E-state index is -0.946. The highest BCUT2D eigenvalue weighted by Gasteiger charge is 2.18. The topological polar surface area (TPSA) is 46.0 Å². The molecule has 2 aromatic heterocycles. The number of aliphatic hydroxyl groups is 1. The molecule has 3 rings (SSSR count). The molecule has 0 amide bonds. The van der Waals surface area contributed by atoms with E-state index in [-0.39, 0.29) is 0 Å². The number of hydrogen-bond donors (Lipinski definition) is 1. The van der Waals surface area contributed by atoms with Crippen molar-refractivity contribution in [3.05, 3.63) is 70.2 Å². The van der Waals surface area contributed by atoms with Crippen LogP contribution in [0.1, 0.15) is 17.4 Å². The van der Waals surface area contributed by atoms with Gasteiger partial charge in [0.2, 0.25) is 0 Å². The highest BCUT2D eigenvalue weighted by molar-refractivity contribution is 6.34. The summed E-state index contributed by atoms with van der Waals surface area (Å²) in [6.07, 6.45) is 3.89. The lowest BCUT2D eigenvalue weighted by atomic mass is 10.0. The van der Waals surface area contributed by atoms with E-state index in [1.807, 2.05) is 24.3 Å². The Hall–Kier alpha value is -1.68. The van der Waals surface area contributed by atoms with Crippen LogP contribution in [0.2, 0.25) is 10.0 Å². The highest BCUT2D eigenvalue weighted by Crippen LogP contribution is 2.31. The summed E-state index contributed by atoms with van der Waals surface area (Å²) in [5.41, 5.74) is 1.04. The third kappa shape index (κ3) is 2.36. The number of benzene rings is 1. The summed E-state index contributed by atoms with van der Waals surface area (Å²) in [5, 5.41) is 13.2. The van der Waals surface area contributed by atoms with E-state index in [9.17, 15) is 5.11 Å². The molecule has 0 aliphatic carbocycles. The molecule has 0 spiro atoms. The van der Waals surface area contributed by atoms with Crippen molar-refractivity contribution in [1.29, 1.82) is 0 Å². The number of aromatic nitrogens is 2. The first kappa shape index (κ1) is 13.3. The molecular formula is C15H10Cl2N2O. The van der Waals surface area contributed by atoms with Crippen LogP contribution in [0.3, 0.4) is 0 Å². The molecule has 0 aliphatic rings. The summed E-state index contributed by atoms with van der Waals surface area (Å²) >= 11 is 11.9. The van der Waals surface area contributed by atoms with E-state index < -0.39 is 6.10 Å². The van der Waals surface area contributed by atoms with Crippen LogP contribution in [-0.2, 0) is 0 Å². The Bertz CT molecular complexity index is 771. The van der Waals surface area contributed by atoms with Gasteiger partial charge in [0, 0.05) is 29.5 Å². The average Bonchev–Trinajstić information content (AvgIpc) is 2.46. The van der Waals surface area contributed by atoms with Crippen LogP contribution < -0.4 is 0 Å². The standard InChI is InChI=1S/C15H10Cl2N2O/c16-10-5-13(17)14(19-7-10)15(20)12-8-18-6-9-3-1-2-4-11(9)12/h1-8,15,20H. The van der Waals surface area contributed by atoms with Gasteiger partial charge in [-0.2, -0.15) is 0 Å². The van der Waals surface area contributed by atoms with Gasteiger partial charge in [0.05, 0.1) is 15.7 Å². The van der Waals surface area contributed by atoms with Gasteiger partial charge >= 0.3 is 0 Å². The van der Waals surface area contributed by atoms with Gasteiger partial charge in [-0.3, -0.25) is 9.97 Å². The van der Waals surface area contributed by atoms with E-state index in [1.54, 1.807) is 18.5 Å². The molecule has 3 aromatic rings. The summed E-state index contributed by atoms with van der Waals surface area (Å²) in [6.45, 7) is 0. The van der Waals surface area contributed by atoms with Crippen LogP contribution in [0.25, 0.3) is 10.8 Å². The van der Waals surface area contributed by atoms with E-state index >= 15 is 0 Å². The maximum absolute atomic E-state index is 10.5. The fraction of sp³-hybridized carbons (Fsp3) is 0.0667. The van der Waals surface area contributed by atoms with Gasteiger partial charge in [-0.15, -0.1) is 0 Å². The zero-order valence-corrected chi connectivity index (χ0v) is 11.8. The molecule has 0 fully saturated rings. The summed E-state index contributed by atoms with van der Waals surface area (Å²) in [5.74, 6) is 0. The summed E-state index contributed by atoms with van der Waals surface area (Å²) < 4.78 is 0. The summed E-state index contributed by atoms with van der Waals surface area (Å²) in [7, 11) is 0. The lowest BCUT2D eigenvalue weighted by Crippen LogP contribution is -2.04. The van der Waals surface area contributed by atoms with E-state index in [1.165, 1.54) is 6.20 Å². The first-order valence-electron chi connectivity index (χ1n) is 5.98. The average molecular weight is 305 g/mol. The van der Waals surface area contributed by atoms with E-state index in [4.69, 9.17) is 23.2 Å². The first-order valence-corrected chi connectivity index (χ1v) is 6.74. The largest absolute Gasteiger partial charge is 0.382 e. The second kappa shape index (κ2) is 5.37. The Kier molecular flexibility index (Phi) is 3.57. The zero-order valence-electron chi connectivity index (χ0n) is 10.3. The third-order valence-corrected chi connectivity index (χ3v) is 3.60. The lowest BCUT2D eigenvalue weighted by Gasteiger charge is -2.14. The predicted molar refractivity (Wildman–Crippen MR) is 80.1 cm³/mol. The summed E-state index contributed by atoms with van der Waals surface area (Å²) in [4.78, 5) is 8.27. The molecule has 20 heavy (non-hydrogen) atoms. The molecule has 0 saturated carbocycles. The van der Waals surface area contributed by atoms with Crippen molar-refractivity contribution in [3.63, 3.8) is 0 Å². The molecule has 0 bridgehead atoms. The number of rotatable bonds is 2. The van der Waals surface area contributed by atoms with Gasteiger partial charge in [-0.05, 0) is 11.5 Å². The summed E-state index contributed by atoms with van der Waals surface area (Å²) in [6, 6.07) is 9.27. The van der Waals surface area contributed by atoms with Gasteiger partial charge in [0.25, 0.3) is 0 Å². The lowest BCUT2D eigenvalue weighted by molar-refractivity contribution is 0.216. The molecule has 1 atom stereocenters. The second-order valence-corrected chi connectivity index (χ2v) is 5.22. The minimum Gasteiger partial charge on any atom is -0.382 e. The van der Waals surface area contributed by atoms with Gasteiger partial charge in [-0.1, -0.05) is 47.5 Å². The molecule has 3 nitrogen and oxygen atoms in total. The van der Waals surface area contributed by atoms with Gasteiger partial charge in [-0.25, -0.2) is 0 Å². The van der Waals surface area contributed by atoms with Crippen molar-refractivity contribution < 1.29 is 5.11 Å². The molecule has 1 unspecified atom stereocenters. The molecule has 5 heteroatoms. The molecule has 1 aromatic carbocycles. The SMILES string of the molecule is OC(c1ncc(Cl)cc1Cl)c1cncc2ccccc12. The van der Waals surface area contributed by atoms with Crippen LogP contribution in [0, 0.1) is 0 Å². The Morgan fingerprint density at radius 2 is 1.85 bits per heavy atom. The normalized spacial score (nSPS) is 12.6. The fourth-order valence-electron chi connectivity index (χ4n) is 2.13. The van der Waals surface area contributed by atoms with E-state index in [2.05, 4.69) is 9.97 Å². The first-order chi connectivity index (χ1) is 9.66. The van der Waals surface area contributed by atoms with Crippen molar-refractivity contribution in [2.75, 3.05) is 0 Å². The maximum atomic E-state index is 10.5. The molecule has 0 saturated heterocycles. The predicted octanol–water partition coefficient (Wildman–Crippen LogP) is 4.02. The van der Waals surface area contributed by atoms with Crippen LogP contribution in [-0.4, -0.2) is 15.1 Å². The van der Waals surface area contributed by atoms with Crippen molar-refractivity contribution >= 4 is 34.0 Å². The van der Waals surface area contributed by atoms with Gasteiger partial charge < -0.3 is 5.11 Å². The van der Waals surface area contributed by atoms with Crippen molar-refractivity contribution in [3.8, 4) is 0 Å². The van der Waals surface area contributed by atoms with Gasteiger partial charge in [0.15, 0.2) is 0 Å². The number of nitrogens with zero attached hydrogens (tertiary/aromatic N) is 2. The van der Waals surface area contributed by atoms with Crippen molar-refractivity contribution in [2.45, 2.75) is 6.10 Å². The molecule has 2 heterocycles. The smallest absolute Gasteiger partial charge is 0.125 e. The quantitative estimate of drug-likeness (QED) is 0.778. The third-order valence-electron chi connectivity index (χ3n) is 3.09. The monoisotopic (exact) mass is 304 g/mol. The Labute approximate surface area is 125 Å². The van der Waals surface area contributed by atoms with E-state index in [0.29, 0.717) is 21.3 Å². The Balaban J connectivity index is 2.15. The van der Waals surface area contributed by atoms with Gasteiger partial charge in [0.1, 0.15) is 6.10 Å². The molecule has 0 aliphatic heterocycles. The number of halogens is 2. The Morgan fingerprint density at radius 3 is 2.65 bits per heavy atom. The van der Waals surface area contributed by atoms with Crippen molar-refractivity contribution in [1.82, 2.24) is 9.97 Å². The van der Waals surface area contributed by atoms with Crippen LogP contribution in [0.5, 0.6) is 0 Å². The fourth-order valence-corrected chi connectivity index (χ4v) is 2.61. The highest BCUT2D eigenvalue weighted by atomic mass is 35.5. The number of fused-ring (bicyclic) bond motifs is 1. The minimum absolute atomic E-state index is 0.331. The Morgan fingerprint density at radius 1 is 1.05 bits per heavy atom. The van der Waals surface area contributed by atoms with Crippen LogP contribution in [0.4, 0.5) is 0 Å².